The molecule has 4 unspecified atom stereocenters. The van der Waals surface area contributed by atoms with E-state index in [4.69, 9.17) is 17.4 Å². The lowest BCUT2D eigenvalue weighted by molar-refractivity contribution is 0.276. The Morgan fingerprint density at radius 2 is 2.20 bits per heavy atom. The third-order valence-electron chi connectivity index (χ3n) is 5.21. The maximum atomic E-state index is 14.0. The number of halogens is 2. The van der Waals surface area contributed by atoms with E-state index >= 15 is 0 Å². The summed E-state index contributed by atoms with van der Waals surface area (Å²) < 4.78 is 14.0. The first-order valence-corrected chi connectivity index (χ1v) is 7.94. The van der Waals surface area contributed by atoms with Crippen molar-refractivity contribution in [2.24, 2.45) is 23.6 Å². The maximum Gasteiger partial charge on any atom is 0.145 e. The van der Waals surface area contributed by atoms with Crippen LogP contribution in [0.5, 0.6) is 0 Å². The van der Waals surface area contributed by atoms with Crippen molar-refractivity contribution in [3.8, 4) is 0 Å². The van der Waals surface area contributed by atoms with E-state index in [-0.39, 0.29) is 16.9 Å². The Balaban J connectivity index is 1.63. The van der Waals surface area contributed by atoms with E-state index in [1.54, 1.807) is 18.2 Å². The molecule has 2 aliphatic carbocycles. The topological polar surface area (TPSA) is 38.0 Å². The van der Waals surface area contributed by atoms with E-state index in [2.05, 4.69) is 5.43 Å². The molecule has 2 bridgehead atoms. The summed E-state index contributed by atoms with van der Waals surface area (Å²) in [6.45, 7) is 0. The van der Waals surface area contributed by atoms with Gasteiger partial charge in [-0.2, -0.15) is 0 Å². The molecule has 4 atom stereocenters. The highest BCUT2D eigenvalue weighted by Crippen LogP contribution is 2.49. The number of hydrogen-bond donors (Lipinski definition) is 2. The predicted molar refractivity (Wildman–Crippen MR) is 79.8 cm³/mol. The Morgan fingerprint density at radius 3 is 2.85 bits per heavy atom. The van der Waals surface area contributed by atoms with Crippen molar-refractivity contribution < 1.29 is 4.39 Å². The lowest BCUT2D eigenvalue weighted by Crippen LogP contribution is -2.39. The van der Waals surface area contributed by atoms with Crippen LogP contribution in [-0.4, -0.2) is 6.04 Å². The fraction of sp³-hybridized carbons (Fsp3) is 0.625. The Hall–Kier alpha value is -0.640. The molecule has 110 valence electrons. The minimum absolute atomic E-state index is 0.132. The monoisotopic (exact) mass is 296 g/mol. The molecule has 0 aromatic heterocycles. The molecule has 0 spiro atoms. The zero-order valence-electron chi connectivity index (χ0n) is 11.6. The van der Waals surface area contributed by atoms with Gasteiger partial charge >= 0.3 is 0 Å². The van der Waals surface area contributed by atoms with E-state index in [9.17, 15) is 4.39 Å². The van der Waals surface area contributed by atoms with Crippen molar-refractivity contribution >= 4 is 11.6 Å². The van der Waals surface area contributed by atoms with Gasteiger partial charge in [0.15, 0.2) is 0 Å². The summed E-state index contributed by atoms with van der Waals surface area (Å²) in [6, 6.07) is 5.31. The molecule has 2 nitrogen and oxygen atoms in total. The largest absolute Gasteiger partial charge is 0.271 e. The van der Waals surface area contributed by atoms with Crippen LogP contribution in [0.2, 0.25) is 5.02 Å². The van der Waals surface area contributed by atoms with E-state index in [1.807, 2.05) is 0 Å². The number of nitrogens with two attached hydrogens (primary N) is 1. The second-order valence-electron chi connectivity index (χ2n) is 6.45. The molecule has 3 rings (SSSR count). The van der Waals surface area contributed by atoms with Crippen molar-refractivity contribution in [3.63, 3.8) is 0 Å². The highest BCUT2D eigenvalue weighted by molar-refractivity contribution is 6.30. The number of benzene rings is 1. The standard InChI is InChI=1S/C16H22ClFN2/c17-15-3-1-2-12(16(15)18)8-14(20-19)9-13-7-10-4-5-11(13)6-10/h1-3,10-11,13-14,20H,4-9,19H2. The number of rotatable bonds is 5. The number of nitrogens with one attached hydrogen (secondary N) is 1. The van der Waals surface area contributed by atoms with Gasteiger partial charge in [0.1, 0.15) is 5.82 Å². The summed E-state index contributed by atoms with van der Waals surface area (Å²) in [5, 5.41) is 0.193. The van der Waals surface area contributed by atoms with Gasteiger partial charge in [-0.15, -0.1) is 0 Å². The minimum atomic E-state index is -0.303. The van der Waals surface area contributed by atoms with Crippen LogP contribution in [0.3, 0.4) is 0 Å². The second kappa shape index (κ2) is 6.00. The lowest BCUT2D eigenvalue weighted by atomic mass is 9.83. The van der Waals surface area contributed by atoms with Crippen molar-refractivity contribution in [1.82, 2.24) is 5.43 Å². The third kappa shape index (κ3) is 2.85. The fourth-order valence-electron chi connectivity index (χ4n) is 4.21. The predicted octanol–water partition coefficient (Wildman–Crippen LogP) is 3.68. The molecule has 4 heteroatoms. The van der Waals surface area contributed by atoms with E-state index in [0.29, 0.717) is 12.0 Å². The molecule has 0 amide bonds. The zero-order valence-corrected chi connectivity index (χ0v) is 12.4. The molecule has 20 heavy (non-hydrogen) atoms. The van der Waals surface area contributed by atoms with Crippen molar-refractivity contribution in [2.75, 3.05) is 0 Å². The number of hydrogen-bond acceptors (Lipinski definition) is 2. The van der Waals surface area contributed by atoms with Gasteiger partial charge in [0, 0.05) is 6.04 Å². The van der Waals surface area contributed by atoms with Gasteiger partial charge < -0.3 is 0 Å². The van der Waals surface area contributed by atoms with Gasteiger partial charge in [-0.3, -0.25) is 11.3 Å². The summed E-state index contributed by atoms with van der Waals surface area (Å²) in [5.74, 6) is 7.95. The molecule has 2 aliphatic rings. The molecule has 0 heterocycles. The van der Waals surface area contributed by atoms with Gasteiger partial charge in [-0.1, -0.05) is 30.2 Å². The highest BCUT2D eigenvalue weighted by atomic mass is 35.5. The van der Waals surface area contributed by atoms with Crippen LogP contribution in [-0.2, 0) is 6.42 Å². The van der Waals surface area contributed by atoms with Crippen LogP contribution in [0.15, 0.2) is 18.2 Å². The summed E-state index contributed by atoms with van der Waals surface area (Å²) in [6.07, 6.45) is 7.16. The van der Waals surface area contributed by atoms with Crippen LogP contribution < -0.4 is 11.3 Å². The first-order valence-electron chi connectivity index (χ1n) is 7.56. The molecular formula is C16H22ClFN2. The van der Waals surface area contributed by atoms with E-state index < -0.39 is 0 Å². The van der Waals surface area contributed by atoms with Gasteiger partial charge in [0.25, 0.3) is 0 Å². The first-order chi connectivity index (χ1) is 9.67. The van der Waals surface area contributed by atoms with Gasteiger partial charge in [-0.25, -0.2) is 4.39 Å². The Labute approximate surface area is 124 Å². The van der Waals surface area contributed by atoms with Crippen molar-refractivity contribution in [2.45, 2.75) is 44.6 Å². The maximum absolute atomic E-state index is 14.0. The molecule has 3 N–H and O–H groups in total. The van der Waals surface area contributed by atoms with Crippen LogP contribution in [0, 0.1) is 23.6 Å². The first kappa shape index (κ1) is 14.3. The molecule has 0 aliphatic heterocycles. The summed E-state index contributed by atoms with van der Waals surface area (Å²) in [7, 11) is 0. The van der Waals surface area contributed by atoms with E-state index in [1.165, 1.54) is 25.7 Å². The average molecular weight is 297 g/mol. The fourth-order valence-corrected chi connectivity index (χ4v) is 4.41. The average Bonchev–Trinajstić information content (AvgIpc) is 3.05. The summed E-state index contributed by atoms with van der Waals surface area (Å²) >= 11 is 5.84. The quantitative estimate of drug-likeness (QED) is 0.642. The highest BCUT2D eigenvalue weighted by Gasteiger charge is 2.40. The lowest BCUT2D eigenvalue weighted by Gasteiger charge is -2.26. The second-order valence-corrected chi connectivity index (χ2v) is 6.86. The normalized spacial score (nSPS) is 29.9. The molecular weight excluding hydrogens is 275 g/mol. The smallest absolute Gasteiger partial charge is 0.145 e. The van der Waals surface area contributed by atoms with E-state index in [0.717, 1.165) is 24.2 Å². The molecule has 1 aromatic carbocycles. The van der Waals surface area contributed by atoms with Crippen LogP contribution in [0.1, 0.15) is 37.7 Å². The van der Waals surface area contributed by atoms with Gasteiger partial charge in [0.2, 0.25) is 0 Å². The van der Waals surface area contributed by atoms with Crippen LogP contribution >= 0.6 is 11.6 Å². The SMILES string of the molecule is NNC(Cc1cccc(Cl)c1F)CC1CC2CCC1C2. The Kier molecular flexibility index (Phi) is 4.29. The third-order valence-corrected chi connectivity index (χ3v) is 5.50. The minimum Gasteiger partial charge on any atom is -0.271 e. The summed E-state index contributed by atoms with van der Waals surface area (Å²) in [5.41, 5.74) is 3.53. The van der Waals surface area contributed by atoms with Gasteiger partial charge in [0.05, 0.1) is 5.02 Å². The van der Waals surface area contributed by atoms with Crippen molar-refractivity contribution in [1.29, 1.82) is 0 Å². The van der Waals surface area contributed by atoms with Gasteiger partial charge in [-0.05, 0) is 61.5 Å². The molecule has 2 fully saturated rings. The van der Waals surface area contributed by atoms with Crippen LogP contribution in [0.25, 0.3) is 0 Å². The number of hydrazine groups is 1. The Bertz CT molecular complexity index is 480. The molecule has 1 aromatic rings. The van der Waals surface area contributed by atoms with Crippen LogP contribution in [0.4, 0.5) is 4.39 Å². The molecule has 0 radical (unpaired) electrons. The molecule has 2 saturated carbocycles. The number of fused-ring (bicyclic) bond motifs is 2. The molecule has 0 saturated heterocycles. The Morgan fingerprint density at radius 1 is 1.35 bits per heavy atom. The van der Waals surface area contributed by atoms with Crippen molar-refractivity contribution in [3.05, 3.63) is 34.6 Å². The zero-order chi connectivity index (χ0) is 14.1. The summed E-state index contributed by atoms with van der Waals surface area (Å²) in [4.78, 5) is 0.